The Morgan fingerprint density at radius 1 is 0.971 bits per heavy atom. The van der Waals surface area contributed by atoms with Crippen LogP contribution in [0.1, 0.15) is 31.7 Å². The number of benzene rings is 2. The lowest BCUT2D eigenvalue weighted by Gasteiger charge is -2.19. The standard InChI is InChI=1S/C26H30N2O6/c1-3-4-13-32-14-7-12-28-25(29)23(19-8-5-6-9-20(19)31-2)24(26(28)30)27-18-10-11-21-22(17-18)34-16-15-33-21/h5-6,8-11,17,27H,3-4,7,12-16H2,1-2H3. The highest BCUT2D eigenvalue weighted by molar-refractivity contribution is 6.37. The Kier molecular flexibility index (Phi) is 7.69. The summed E-state index contributed by atoms with van der Waals surface area (Å²) in [6, 6.07) is 12.5. The van der Waals surface area contributed by atoms with E-state index in [2.05, 4.69) is 12.2 Å². The zero-order valence-electron chi connectivity index (χ0n) is 19.6. The number of unbranched alkanes of at least 4 members (excludes halogenated alkanes) is 1. The van der Waals surface area contributed by atoms with E-state index in [1.165, 1.54) is 4.90 Å². The number of nitrogens with zero attached hydrogens (tertiary/aromatic N) is 1. The molecule has 8 nitrogen and oxygen atoms in total. The van der Waals surface area contributed by atoms with E-state index in [9.17, 15) is 9.59 Å². The van der Waals surface area contributed by atoms with Crippen molar-refractivity contribution in [3.8, 4) is 17.2 Å². The number of ether oxygens (including phenoxy) is 4. The molecule has 180 valence electrons. The number of methoxy groups -OCH3 is 1. The van der Waals surface area contributed by atoms with Gasteiger partial charge in [0.1, 0.15) is 24.7 Å². The molecule has 4 rings (SSSR count). The van der Waals surface area contributed by atoms with Gasteiger partial charge in [-0.25, -0.2) is 0 Å². The lowest BCUT2D eigenvalue weighted by atomic mass is 10.0. The average Bonchev–Trinajstić information content (AvgIpc) is 3.09. The Morgan fingerprint density at radius 2 is 1.74 bits per heavy atom. The van der Waals surface area contributed by atoms with Crippen molar-refractivity contribution >= 4 is 23.1 Å². The summed E-state index contributed by atoms with van der Waals surface area (Å²) >= 11 is 0. The second-order valence-corrected chi connectivity index (χ2v) is 8.02. The zero-order valence-corrected chi connectivity index (χ0v) is 19.6. The van der Waals surface area contributed by atoms with E-state index in [4.69, 9.17) is 18.9 Å². The SMILES string of the molecule is CCCCOCCCN1C(=O)C(Nc2ccc3c(c2)OCCO3)=C(c2ccccc2OC)C1=O. The summed E-state index contributed by atoms with van der Waals surface area (Å²) < 4.78 is 22.3. The van der Waals surface area contributed by atoms with Crippen LogP contribution in [0.25, 0.3) is 5.57 Å². The topological polar surface area (TPSA) is 86.3 Å². The molecule has 0 bridgehead atoms. The van der Waals surface area contributed by atoms with Crippen LogP contribution in [0.15, 0.2) is 48.2 Å². The van der Waals surface area contributed by atoms with Crippen molar-refractivity contribution in [2.75, 3.05) is 45.4 Å². The summed E-state index contributed by atoms with van der Waals surface area (Å²) in [6.45, 7) is 4.50. The maximum absolute atomic E-state index is 13.5. The quantitative estimate of drug-likeness (QED) is 0.397. The second kappa shape index (κ2) is 11.1. The first-order chi connectivity index (χ1) is 16.6. The first-order valence-corrected chi connectivity index (χ1v) is 11.6. The van der Waals surface area contributed by atoms with Crippen LogP contribution in [0.5, 0.6) is 17.2 Å². The molecular weight excluding hydrogens is 436 g/mol. The van der Waals surface area contributed by atoms with Gasteiger partial charge >= 0.3 is 0 Å². The maximum atomic E-state index is 13.5. The van der Waals surface area contributed by atoms with E-state index in [0.717, 1.165) is 12.8 Å². The number of carbonyl (C=O) groups excluding carboxylic acids is 2. The number of rotatable bonds is 11. The molecule has 2 amide bonds. The summed E-state index contributed by atoms with van der Waals surface area (Å²) in [5.41, 5.74) is 1.67. The van der Waals surface area contributed by atoms with Crippen LogP contribution in [-0.2, 0) is 14.3 Å². The van der Waals surface area contributed by atoms with Crippen molar-refractivity contribution in [2.45, 2.75) is 26.2 Å². The van der Waals surface area contributed by atoms with E-state index in [-0.39, 0.29) is 29.6 Å². The highest BCUT2D eigenvalue weighted by atomic mass is 16.6. The van der Waals surface area contributed by atoms with Gasteiger partial charge in [0.25, 0.3) is 11.8 Å². The fourth-order valence-corrected chi connectivity index (χ4v) is 3.93. The summed E-state index contributed by atoms with van der Waals surface area (Å²) in [6.07, 6.45) is 2.62. The highest BCUT2D eigenvalue weighted by Crippen LogP contribution is 2.37. The van der Waals surface area contributed by atoms with Gasteiger partial charge in [-0.1, -0.05) is 31.5 Å². The van der Waals surface area contributed by atoms with Crippen molar-refractivity contribution in [1.82, 2.24) is 4.90 Å². The van der Waals surface area contributed by atoms with Crippen LogP contribution >= 0.6 is 0 Å². The number of nitrogens with one attached hydrogen (secondary N) is 1. The number of imide groups is 1. The summed E-state index contributed by atoms with van der Waals surface area (Å²) in [5.74, 6) is 1.02. The first kappa shape index (κ1) is 23.6. The minimum absolute atomic E-state index is 0.207. The molecule has 2 aromatic rings. The molecule has 2 heterocycles. The van der Waals surface area contributed by atoms with E-state index >= 15 is 0 Å². The molecule has 2 aliphatic rings. The maximum Gasteiger partial charge on any atom is 0.278 e. The molecule has 0 radical (unpaired) electrons. The molecule has 0 fully saturated rings. The predicted molar refractivity (Wildman–Crippen MR) is 128 cm³/mol. The molecule has 2 aliphatic heterocycles. The molecule has 34 heavy (non-hydrogen) atoms. The minimum atomic E-state index is -0.380. The smallest absolute Gasteiger partial charge is 0.278 e. The lowest BCUT2D eigenvalue weighted by Crippen LogP contribution is -2.34. The number of anilines is 1. The van der Waals surface area contributed by atoms with Crippen molar-refractivity contribution in [2.24, 2.45) is 0 Å². The molecule has 0 saturated heterocycles. The van der Waals surface area contributed by atoms with Gasteiger partial charge in [0.05, 0.1) is 12.7 Å². The largest absolute Gasteiger partial charge is 0.496 e. The van der Waals surface area contributed by atoms with Crippen LogP contribution in [0.4, 0.5) is 5.69 Å². The van der Waals surface area contributed by atoms with E-state index in [1.54, 1.807) is 37.4 Å². The average molecular weight is 467 g/mol. The lowest BCUT2D eigenvalue weighted by molar-refractivity contribution is -0.137. The summed E-state index contributed by atoms with van der Waals surface area (Å²) in [7, 11) is 1.54. The molecule has 8 heteroatoms. The predicted octanol–water partition coefficient (Wildman–Crippen LogP) is 3.87. The van der Waals surface area contributed by atoms with Crippen LogP contribution in [0, 0.1) is 0 Å². The van der Waals surface area contributed by atoms with Crippen LogP contribution in [0.2, 0.25) is 0 Å². The number of amides is 2. The Hall–Kier alpha value is -3.52. The Bertz CT molecular complexity index is 1080. The van der Waals surface area contributed by atoms with Crippen molar-refractivity contribution in [3.05, 3.63) is 53.7 Å². The van der Waals surface area contributed by atoms with E-state index in [0.29, 0.717) is 61.3 Å². The molecule has 2 aromatic carbocycles. The van der Waals surface area contributed by atoms with Gasteiger partial charge in [0.2, 0.25) is 0 Å². The van der Waals surface area contributed by atoms with Crippen LogP contribution in [-0.4, -0.2) is 56.8 Å². The van der Waals surface area contributed by atoms with Crippen LogP contribution in [0.3, 0.4) is 0 Å². The minimum Gasteiger partial charge on any atom is -0.496 e. The number of carbonyl (C=O) groups is 2. The molecule has 1 N–H and O–H groups in total. The van der Waals surface area contributed by atoms with E-state index in [1.807, 2.05) is 12.1 Å². The molecule has 0 aliphatic carbocycles. The van der Waals surface area contributed by atoms with Gasteiger partial charge in [0, 0.05) is 37.1 Å². The van der Waals surface area contributed by atoms with E-state index < -0.39 is 0 Å². The third-order valence-corrected chi connectivity index (χ3v) is 5.67. The summed E-state index contributed by atoms with van der Waals surface area (Å²) in [5, 5.41) is 3.16. The zero-order chi connectivity index (χ0) is 23.9. The fourth-order valence-electron chi connectivity index (χ4n) is 3.93. The number of hydrogen-bond acceptors (Lipinski definition) is 7. The highest BCUT2D eigenvalue weighted by Gasteiger charge is 2.40. The number of hydrogen-bond donors (Lipinski definition) is 1. The molecule has 0 aromatic heterocycles. The second-order valence-electron chi connectivity index (χ2n) is 8.02. The van der Waals surface area contributed by atoms with Crippen molar-refractivity contribution < 1.29 is 28.5 Å². The van der Waals surface area contributed by atoms with Gasteiger partial charge in [-0.05, 0) is 31.0 Å². The normalized spacial score (nSPS) is 15.2. The van der Waals surface area contributed by atoms with Gasteiger partial charge in [-0.3, -0.25) is 14.5 Å². The molecule has 0 unspecified atom stereocenters. The van der Waals surface area contributed by atoms with Gasteiger partial charge < -0.3 is 24.3 Å². The molecular formula is C26H30N2O6. The number of fused-ring (bicyclic) bond motifs is 1. The van der Waals surface area contributed by atoms with Crippen molar-refractivity contribution in [3.63, 3.8) is 0 Å². The van der Waals surface area contributed by atoms with Gasteiger partial charge in [-0.15, -0.1) is 0 Å². The fraction of sp³-hybridized carbons (Fsp3) is 0.385. The Balaban J connectivity index is 1.61. The molecule has 0 atom stereocenters. The Morgan fingerprint density at radius 3 is 2.53 bits per heavy atom. The third kappa shape index (κ3) is 5.02. The van der Waals surface area contributed by atoms with Gasteiger partial charge in [-0.2, -0.15) is 0 Å². The van der Waals surface area contributed by atoms with Crippen LogP contribution < -0.4 is 19.5 Å². The molecule has 0 spiro atoms. The number of para-hydroxylation sites is 1. The summed E-state index contributed by atoms with van der Waals surface area (Å²) in [4.78, 5) is 28.1. The van der Waals surface area contributed by atoms with Gasteiger partial charge in [0.15, 0.2) is 11.5 Å². The van der Waals surface area contributed by atoms with Crippen molar-refractivity contribution in [1.29, 1.82) is 0 Å². The Labute approximate surface area is 199 Å². The third-order valence-electron chi connectivity index (χ3n) is 5.67. The monoisotopic (exact) mass is 466 g/mol. The molecule has 0 saturated carbocycles. The first-order valence-electron chi connectivity index (χ1n) is 11.6.